The minimum absolute atomic E-state index is 0.216. The summed E-state index contributed by atoms with van der Waals surface area (Å²) in [5, 5.41) is 2.54. The Balaban J connectivity index is 1.94. The molecule has 0 aliphatic carbocycles. The van der Waals surface area contributed by atoms with E-state index < -0.39 is 17.7 Å². The molecule has 0 spiro atoms. The van der Waals surface area contributed by atoms with E-state index in [1.54, 1.807) is 51.2 Å². The number of nitrogens with one attached hydrogen (secondary N) is 2. The number of carbonyl (C=O) groups excluding carboxylic acids is 3. The van der Waals surface area contributed by atoms with E-state index >= 15 is 0 Å². The summed E-state index contributed by atoms with van der Waals surface area (Å²) in [4.78, 5) is 38.4. The molecular weight excluding hydrogens is 324 g/mol. The molecule has 2 aromatic rings. The summed E-state index contributed by atoms with van der Waals surface area (Å²) in [5.74, 6) is -0.992. The predicted octanol–water partition coefficient (Wildman–Crippen LogP) is 3.40. The maximum atomic E-state index is 12.1. The van der Waals surface area contributed by atoms with E-state index in [2.05, 4.69) is 10.3 Å². The Kier molecular flexibility index (Phi) is 5.59. The second-order valence-corrected chi connectivity index (χ2v) is 6.29. The maximum absolute atomic E-state index is 12.1. The Morgan fingerprint density at radius 2 is 1.88 bits per heavy atom. The highest BCUT2D eigenvalue weighted by molar-refractivity contribution is 5.98. The van der Waals surface area contributed by atoms with E-state index in [0.29, 0.717) is 11.4 Å². The molecule has 0 aliphatic rings. The van der Waals surface area contributed by atoms with E-state index in [4.69, 9.17) is 9.47 Å². The summed E-state index contributed by atoms with van der Waals surface area (Å²) in [6.45, 7) is 4.88. The molecule has 2 N–H and O–H groups in total. The third-order valence-corrected chi connectivity index (χ3v) is 2.98. The molecule has 7 heteroatoms. The molecule has 0 unspecified atom stereocenters. The van der Waals surface area contributed by atoms with Crippen LogP contribution < -0.4 is 5.32 Å². The molecule has 0 aliphatic heterocycles. The molecule has 25 heavy (non-hydrogen) atoms. The van der Waals surface area contributed by atoms with Crippen LogP contribution in [0.4, 0.5) is 10.5 Å². The van der Waals surface area contributed by atoms with Crippen molar-refractivity contribution in [3.05, 3.63) is 53.9 Å². The molecule has 0 saturated heterocycles. The zero-order chi connectivity index (χ0) is 18.4. The number of Topliss-reactive ketones (excluding diaryl/α,β-unsaturated/α-hetero) is 1. The van der Waals surface area contributed by atoms with E-state index in [0.717, 1.165) is 0 Å². The van der Waals surface area contributed by atoms with E-state index in [1.807, 2.05) is 0 Å². The molecule has 0 bridgehead atoms. The number of hydrogen-bond acceptors (Lipinski definition) is 5. The summed E-state index contributed by atoms with van der Waals surface area (Å²) in [6.07, 6.45) is 0.987. The number of aromatic nitrogens is 1. The number of amides is 1. The van der Waals surface area contributed by atoms with Crippen LogP contribution in [0, 0.1) is 0 Å². The van der Waals surface area contributed by atoms with Crippen molar-refractivity contribution in [2.75, 3.05) is 11.9 Å². The molecule has 1 aromatic heterocycles. The number of ether oxygens (including phenoxy) is 2. The second kappa shape index (κ2) is 7.65. The topological polar surface area (TPSA) is 97.5 Å². The van der Waals surface area contributed by atoms with Crippen LogP contribution in [-0.4, -0.2) is 35.0 Å². The lowest BCUT2D eigenvalue weighted by atomic mass is 10.2. The quantitative estimate of drug-likeness (QED) is 0.640. The van der Waals surface area contributed by atoms with Gasteiger partial charge in [-0.2, -0.15) is 0 Å². The van der Waals surface area contributed by atoms with Crippen LogP contribution in [0.3, 0.4) is 0 Å². The summed E-state index contributed by atoms with van der Waals surface area (Å²) in [6, 6.07) is 9.47. The number of rotatable bonds is 5. The zero-order valence-electron chi connectivity index (χ0n) is 14.3. The van der Waals surface area contributed by atoms with Gasteiger partial charge in [-0.15, -0.1) is 0 Å². The Hall–Kier alpha value is -3.09. The van der Waals surface area contributed by atoms with Crippen molar-refractivity contribution in [3.8, 4) is 0 Å². The first-order valence-electron chi connectivity index (χ1n) is 7.68. The highest BCUT2D eigenvalue weighted by Crippen LogP contribution is 2.14. The normalized spacial score (nSPS) is 10.8. The van der Waals surface area contributed by atoms with Gasteiger partial charge in [0, 0.05) is 11.9 Å². The van der Waals surface area contributed by atoms with Crippen molar-refractivity contribution in [2.24, 2.45) is 0 Å². The van der Waals surface area contributed by atoms with Gasteiger partial charge in [0.25, 0.3) is 0 Å². The van der Waals surface area contributed by atoms with Crippen LogP contribution in [0.15, 0.2) is 42.6 Å². The fourth-order valence-electron chi connectivity index (χ4n) is 1.94. The number of carbonyl (C=O) groups is 3. The third kappa shape index (κ3) is 5.80. The summed E-state index contributed by atoms with van der Waals surface area (Å²) < 4.78 is 10.1. The number of ketones is 1. The van der Waals surface area contributed by atoms with Gasteiger partial charge in [0.1, 0.15) is 5.60 Å². The van der Waals surface area contributed by atoms with Gasteiger partial charge in [0.2, 0.25) is 5.78 Å². The molecule has 0 fully saturated rings. The lowest BCUT2D eigenvalue weighted by molar-refractivity contribution is 0.0473. The van der Waals surface area contributed by atoms with Crippen LogP contribution in [0.5, 0.6) is 0 Å². The predicted molar refractivity (Wildman–Crippen MR) is 91.7 cm³/mol. The number of esters is 1. The Labute approximate surface area is 145 Å². The van der Waals surface area contributed by atoms with Gasteiger partial charge in [0.15, 0.2) is 6.61 Å². The average molecular weight is 344 g/mol. The van der Waals surface area contributed by atoms with Crippen LogP contribution >= 0.6 is 0 Å². The molecule has 7 nitrogen and oxygen atoms in total. The van der Waals surface area contributed by atoms with Gasteiger partial charge < -0.3 is 14.5 Å². The van der Waals surface area contributed by atoms with E-state index in [1.165, 1.54) is 12.1 Å². The van der Waals surface area contributed by atoms with Gasteiger partial charge in [-0.05, 0) is 51.1 Å². The number of aromatic amines is 1. The maximum Gasteiger partial charge on any atom is 0.412 e. The van der Waals surface area contributed by atoms with Crippen molar-refractivity contribution < 1.29 is 23.9 Å². The number of hydrogen-bond donors (Lipinski definition) is 2. The van der Waals surface area contributed by atoms with Crippen molar-refractivity contribution in [1.82, 2.24) is 4.98 Å². The Morgan fingerprint density at radius 3 is 2.52 bits per heavy atom. The van der Waals surface area contributed by atoms with Crippen molar-refractivity contribution in [2.45, 2.75) is 26.4 Å². The first-order chi connectivity index (χ1) is 11.7. The first-order valence-corrected chi connectivity index (χ1v) is 7.68. The Morgan fingerprint density at radius 1 is 1.12 bits per heavy atom. The second-order valence-electron chi connectivity index (χ2n) is 6.29. The first kappa shape index (κ1) is 18.3. The molecule has 1 amide bonds. The van der Waals surface area contributed by atoms with Gasteiger partial charge >= 0.3 is 12.1 Å². The lowest BCUT2D eigenvalue weighted by Gasteiger charge is -2.19. The highest BCUT2D eigenvalue weighted by Gasteiger charge is 2.17. The highest BCUT2D eigenvalue weighted by atomic mass is 16.6. The zero-order valence-corrected chi connectivity index (χ0v) is 14.3. The van der Waals surface area contributed by atoms with Gasteiger partial charge in [0.05, 0.1) is 11.3 Å². The van der Waals surface area contributed by atoms with Crippen LogP contribution in [-0.2, 0) is 9.47 Å². The van der Waals surface area contributed by atoms with Crippen LogP contribution in [0.1, 0.15) is 41.6 Å². The lowest BCUT2D eigenvalue weighted by Crippen LogP contribution is -2.27. The summed E-state index contributed by atoms with van der Waals surface area (Å²) in [5.41, 5.74) is 0.346. The van der Waals surface area contributed by atoms with Crippen molar-refractivity contribution in [3.63, 3.8) is 0 Å². The van der Waals surface area contributed by atoms with Gasteiger partial charge in [-0.1, -0.05) is 6.07 Å². The molecule has 2 rings (SSSR count). The van der Waals surface area contributed by atoms with E-state index in [9.17, 15) is 14.4 Å². The number of benzene rings is 1. The molecule has 0 saturated carbocycles. The molecular formula is C18H20N2O5. The standard InChI is InChI=1S/C18H20N2O5/c1-18(2,3)25-17(23)20-13-7-4-6-12(10-13)16(22)24-11-15(21)14-8-5-9-19-14/h4-10,19H,11H2,1-3H3,(H,20,23). The van der Waals surface area contributed by atoms with Crippen molar-refractivity contribution >= 4 is 23.5 Å². The summed E-state index contributed by atoms with van der Waals surface area (Å²) >= 11 is 0. The Bertz CT molecular complexity index is 760. The average Bonchev–Trinajstić information content (AvgIpc) is 3.05. The van der Waals surface area contributed by atoms with Crippen LogP contribution in [0.25, 0.3) is 0 Å². The fourth-order valence-corrected chi connectivity index (χ4v) is 1.94. The molecule has 0 radical (unpaired) electrons. The monoisotopic (exact) mass is 344 g/mol. The summed E-state index contributed by atoms with van der Waals surface area (Å²) in [7, 11) is 0. The fraction of sp³-hybridized carbons (Fsp3) is 0.278. The van der Waals surface area contributed by atoms with Gasteiger partial charge in [-0.25, -0.2) is 9.59 Å². The molecule has 1 heterocycles. The SMILES string of the molecule is CC(C)(C)OC(=O)Nc1cccc(C(=O)OCC(=O)c2ccc[nH]2)c1. The molecule has 1 aromatic carbocycles. The van der Waals surface area contributed by atoms with Crippen molar-refractivity contribution in [1.29, 1.82) is 0 Å². The smallest absolute Gasteiger partial charge is 0.412 e. The molecule has 0 atom stereocenters. The molecule has 132 valence electrons. The van der Waals surface area contributed by atoms with E-state index in [-0.39, 0.29) is 18.0 Å². The van der Waals surface area contributed by atoms with Crippen LogP contribution in [0.2, 0.25) is 0 Å². The largest absolute Gasteiger partial charge is 0.454 e. The number of anilines is 1. The number of H-pyrrole nitrogens is 1. The minimum atomic E-state index is -0.659. The minimum Gasteiger partial charge on any atom is -0.454 e. The van der Waals surface area contributed by atoms with Gasteiger partial charge in [-0.3, -0.25) is 10.1 Å². The third-order valence-electron chi connectivity index (χ3n) is 2.98.